The SMILES string of the molecule is CCCNC(C)C(=O)c1ccc(Cl)c(C)c1. The Morgan fingerprint density at radius 2 is 2.19 bits per heavy atom. The van der Waals surface area contributed by atoms with Gasteiger partial charge in [-0.2, -0.15) is 0 Å². The van der Waals surface area contributed by atoms with Crippen molar-refractivity contribution in [1.82, 2.24) is 5.32 Å². The lowest BCUT2D eigenvalue weighted by Gasteiger charge is -2.12. The number of carbonyl (C=O) groups excluding carboxylic acids is 1. The van der Waals surface area contributed by atoms with Crippen LogP contribution in [0.5, 0.6) is 0 Å². The summed E-state index contributed by atoms with van der Waals surface area (Å²) in [5.41, 5.74) is 1.66. The van der Waals surface area contributed by atoms with Crippen molar-refractivity contribution in [2.75, 3.05) is 6.54 Å². The molecule has 0 aromatic heterocycles. The average molecular weight is 240 g/mol. The second-order valence-corrected chi connectivity index (χ2v) is 4.41. The van der Waals surface area contributed by atoms with Gasteiger partial charge in [0.2, 0.25) is 0 Å². The van der Waals surface area contributed by atoms with Gasteiger partial charge in [0, 0.05) is 10.6 Å². The highest BCUT2D eigenvalue weighted by molar-refractivity contribution is 6.31. The van der Waals surface area contributed by atoms with Gasteiger partial charge >= 0.3 is 0 Å². The number of hydrogen-bond acceptors (Lipinski definition) is 2. The van der Waals surface area contributed by atoms with E-state index in [2.05, 4.69) is 12.2 Å². The van der Waals surface area contributed by atoms with Gasteiger partial charge in [-0.05, 0) is 50.6 Å². The van der Waals surface area contributed by atoms with Crippen molar-refractivity contribution >= 4 is 17.4 Å². The van der Waals surface area contributed by atoms with E-state index < -0.39 is 0 Å². The molecule has 0 amide bonds. The molecule has 0 fully saturated rings. The topological polar surface area (TPSA) is 29.1 Å². The predicted molar refractivity (Wildman–Crippen MR) is 68.3 cm³/mol. The molecule has 3 heteroatoms. The molecule has 1 aromatic rings. The molecular formula is C13H18ClNO. The maximum Gasteiger partial charge on any atom is 0.179 e. The summed E-state index contributed by atoms with van der Waals surface area (Å²) in [6.07, 6.45) is 1.03. The minimum atomic E-state index is -0.138. The first-order valence-electron chi connectivity index (χ1n) is 5.60. The summed E-state index contributed by atoms with van der Waals surface area (Å²) in [5, 5.41) is 3.88. The van der Waals surface area contributed by atoms with Crippen LogP contribution in [0.2, 0.25) is 5.02 Å². The predicted octanol–water partition coefficient (Wildman–Crippen LogP) is 3.22. The maximum atomic E-state index is 12.0. The summed E-state index contributed by atoms with van der Waals surface area (Å²) in [4.78, 5) is 12.0. The van der Waals surface area contributed by atoms with Gasteiger partial charge in [-0.3, -0.25) is 4.79 Å². The lowest BCUT2D eigenvalue weighted by Crippen LogP contribution is -2.34. The van der Waals surface area contributed by atoms with Crippen LogP contribution in [0.15, 0.2) is 18.2 Å². The summed E-state index contributed by atoms with van der Waals surface area (Å²) in [6, 6.07) is 5.26. The molecule has 1 N–H and O–H groups in total. The molecule has 1 rings (SSSR count). The van der Waals surface area contributed by atoms with E-state index in [0.717, 1.165) is 24.1 Å². The minimum absolute atomic E-state index is 0.119. The van der Waals surface area contributed by atoms with Crippen LogP contribution in [0.25, 0.3) is 0 Å². The molecule has 0 bridgehead atoms. The average Bonchev–Trinajstić information content (AvgIpc) is 2.28. The number of benzene rings is 1. The zero-order chi connectivity index (χ0) is 12.1. The van der Waals surface area contributed by atoms with E-state index >= 15 is 0 Å². The molecule has 0 aliphatic carbocycles. The summed E-state index contributed by atoms with van der Waals surface area (Å²) in [5.74, 6) is 0.119. The second kappa shape index (κ2) is 6.02. The molecule has 0 aliphatic heterocycles. The third-order valence-corrected chi connectivity index (χ3v) is 2.96. The van der Waals surface area contributed by atoms with Crippen LogP contribution in [0.3, 0.4) is 0 Å². The van der Waals surface area contributed by atoms with Crippen molar-refractivity contribution < 1.29 is 4.79 Å². The molecule has 1 unspecified atom stereocenters. The Balaban J connectivity index is 2.76. The highest BCUT2D eigenvalue weighted by Gasteiger charge is 2.14. The minimum Gasteiger partial charge on any atom is -0.307 e. The fourth-order valence-electron chi connectivity index (χ4n) is 1.50. The van der Waals surface area contributed by atoms with Crippen molar-refractivity contribution in [3.63, 3.8) is 0 Å². The normalized spacial score (nSPS) is 12.5. The van der Waals surface area contributed by atoms with Gasteiger partial charge in [-0.15, -0.1) is 0 Å². The number of halogens is 1. The van der Waals surface area contributed by atoms with E-state index in [1.807, 2.05) is 19.9 Å². The van der Waals surface area contributed by atoms with E-state index in [9.17, 15) is 4.79 Å². The van der Waals surface area contributed by atoms with Gasteiger partial charge in [0.25, 0.3) is 0 Å². The molecule has 0 saturated carbocycles. The van der Waals surface area contributed by atoms with Crippen LogP contribution in [-0.4, -0.2) is 18.4 Å². The molecule has 1 aromatic carbocycles. The van der Waals surface area contributed by atoms with Crippen LogP contribution in [0, 0.1) is 6.92 Å². The summed E-state index contributed by atoms with van der Waals surface area (Å²) in [7, 11) is 0. The number of carbonyl (C=O) groups is 1. The number of nitrogens with one attached hydrogen (secondary N) is 1. The molecule has 2 nitrogen and oxygen atoms in total. The summed E-state index contributed by atoms with van der Waals surface area (Å²) >= 11 is 5.92. The van der Waals surface area contributed by atoms with Crippen molar-refractivity contribution in [2.24, 2.45) is 0 Å². The van der Waals surface area contributed by atoms with Crippen molar-refractivity contribution in [1.29, 1.82) is 0 Å². The number of rotatable bonds is 5. The molecule has 0 heterocycles. The smallest absolute Gasteiger partial charge is 0.179 e. The van der Waals surface area contributed by atoms with Crippen LogP contribution in [0.4, 0.5) is 0 Å². The molecule has 0 aliphatic rings. The van der Waals surface area contributed by atoms with Crippen molar-refractivity contribution in [3.8, 4) is 0 Å². The van der Waals surface area contributed by atoms with Gasteiger partial charge < -0.3 is 5.32 Å². The van der Waals surface area contributed by atoms with E-state index in [1.54, 1.807) is 12.1 Å². The van der Waals surface area contributed by atoms with Gasteiger partial charge in [0.1, 0.15) is 0 Å². The molecule has 0 spiro atoms. The van der Waals surface area contributed by atoms with E-state index in [4.69, 9.17) is 11.6 Å². The summed E-state index contributed by atoms with van der Waals surface area (Å²) < 4.78 is 0. The molecular weight excluding hydrogens is 222 g/mol. The Morgan fingerprint density at radius 3 is 2.75 bits per heavy atom. The highest BCUT2D eigenvalue weighted by atomic mass is 35.5. The number of ketones is 1. The zero-order valence-corrected chi connectivity index (χ0v) is 10.8. The lowest BCUT2D eigenvalue weighted by atomic mass is 10.0. The van der Waals surface area contributed by atoms with Crippen LogP contribution in [0.1, 0.15) is 36.2 Å². The number of Topliss-reactive ketones (excluding diaryl/α,β-unsaturated/α-hetero) is 1. The van der Waals surface area contributed by atoms with E-state index in [1.165, 1.54) is 0 Å². The number of hydrogen-bond donors (Lipinski definition) is 1. The Hall–Kier alpha value is -0.860. The fourth-order valence-corrected chi connectivity index (χ4v) is 1.62. The molecule has 16 heavy (non-hydrogen) atoms. The quantitative estimate of drug-likeness (QED) is 0.800. The maximum absolute atomic E-state index is 12.0. The van der Waals surface area contributed by atoms with Gasteiger partial charge in [0.05, 0.1) is 6.04 Å². The second-order valence-electron chi connectivity index (χ2n) is 4.00. The standard InChI is InChI=1S/C13H18ClNO/c1-4-7-15-10(3)13(16)11-5-6-12(14)9(2)8-11/h5-6,8,10,15H,4,7H2,1-3H3. The Bertz CT molecular complexity index is 376. The zero-order valence-electron chi connectivity index (χ0n) is 10.0. The monoisotopic (exact) mass is 239 g/mol. The molecule has 1 atom stereocenters. The third-order valence-electron chi connectivity index (χ3n) is 2.54. The first-order chi connectivity index (χ1) is 7.56. The van der Waals surface area contributed by atoms with Gasteiger partial charge in [0.15, 0.2) is 5.78 Å². The Kier molecular flexibility index (Phi) is 4.97. The van der Waals surface area contributed by atoms with Crippen molar-refractivity contribution in [2.45, 2.75) is 33.2 Å². The van der Waals surface area contributed by atoms with Crippen LogP contribution >= 0.6 is 11.6 Å². The first kappa shape index (κ1) is 13.2. The summed E-state index contributed by atoms with van der Waals surface area (Å²) in [6.45, 7) is 6.74. The highest BCUT2D eigenvalue weighted by Crippen LogP contribution is 2.17. The lowest BCUT2D eigenvalue weighted by molar-refractivity contribution is 0.0951. The third kappa shape index (κ3) is 3.32. The van der Waals surface area contributed by atoms with Crippen LogP contribution in [-0.2, 0) is 0 Å². The number of aryl methyl sites for hydroxylation is 1. The van der Waals surface area contributed by atoms with Gasteiger partial charge in [-0.25, -0.2) is 0 Å². The van der Waals surface area contributed by atoms with Crippen molar-refractivity contribution in [3.05, 3.63) is 34.3 Å². The van der Waals surface area contributed by atoms with Gasteiger partial charge in [-0.1, -0.05) is 18.5 Å². The largest absolute Gasteiger partial charge is 0.307 e. The van der Waals surface area contributed by atoms with E-state index in [-0.39, 0.29) is 11.8 Å². The van der Waals surface area contributed by atoms with Crippen LogP contribution < -0.4 is 5.32 Å². The molecule has 0 saturated heterocycles. The molecule has 0 radical (unpaired) electrons. The Labute approximate surface area is 102 Å². The first-order valence-corrected chi connectivity index (χ1v) is 5.97. The molecule has 88 valence electrons. The Morgan fingerprint density at radius 1 is 1.50 bits per heavy atom. The van der Waals surface area contributed by atoms with E-state index in [0.29, 0.717) is 5.02 Å². The fraction of sp³-hybridized carbons (Fsp3) is 0.462.